The molecule has 4 rings (SSSR count). The highest BCUT2D eigenvalue weighted by Crippen LogP contribution is 2.38. The van der Waals surface area contributed by atoms with E-state index in [1.54, 1.807) is 24.3 Å². The number of rotatable bonds is 6. The van der Waals surface area contributed by atoms with Crippen molar-refractivity contribution < 1.29 is 23.9 Å². The topological polar surface area (TPSA) is 105 Å². The fourth-order valence-electron chi connectivity index (χ4n) is 3.37. The molecule has 1 heterocycles. The van der Waals surface area contributed by atoms with E-state index in [4.69, 9.17) is 46.4 Å². The molecule has 8 nitrogen and oxygen atoms in total. The van der Waals surface area contributed by atoms with E-state index in [0.717, 1.165) is 4.90 Å². The van der Waals surface area contributed by atoms with Gasteiger partial charge in [-0.15, -0.1) is 0 Å². The SMILES string of the molecule is COC(=O)c1ccc(NC(=O)c2ccc(NC3=C(Cl)C(=O)N(c4cc(Cl)c(Cl)cc4Cl)C3=O)cc2)cc1. The number of hydrogen-bond donors (Lipinski definition) is 2. The third kappa shape index (κ3) is 5.42. The molecule has 188 valence electrons. The van der Waals surface area contributed by atoms with E-state index in [-0.39, 0.29) is 31.5 Å². The Labute approximate surface area is 230 Å². The second-order valence-electron chi connectivity index (χ2n) is 7.58. The summed E-state index contributed by atoms with van der Waals surface area (Å²) >= 11 is 24.3. The maximum absolute atomic E-state index is 13.0. The first-order valence-corrected chi connectivity index (χ1v) is 11.9. The zero-order valence-corrected chi connectivity index (χ0v) is 21.8. The molecule has 0 unspecified atom stereocenters. The van der Waals surface area contributed by atoms with Crippen LogP contribution in [0.15, 0.2) is 71.4 Å². The molecule has 0 fully saturated rings. The van der Waals surface area contributed by atoms with Gasteiger partial charge in [-0.25, -0.2) is 9.69 Å². The van der Waals surface area contributed by atoms with Gasteiger partial charge in [-0.3, -0.25) is 14.4 Å². The van der Waals surface area contributed by atoms with Crippen LogP contribution in [0.2, 0.25) is 15.1 Å². The minimum absolute atomic E-state index is 0.0349. The highest BCUT2D eigenvalue weighted by Gasteiger charge is 2.40. The number of methoxy groups -OCH3 is 1. The van der Waals surface area contributed by atoms with Crippen LogP contribution in [-0.4, -0.2) is 30.8 Å². The van der Waals surface area contributed by atoms with Crippen molar-refractivity contribution in [2.45, 2.75) is 0 Å². The summed E-state index contributed by atoms with van der Waals surface area (Å²) in [6.45, 7) is 0. The predicted molar refractivity (Wildman–Crippen MR) is 143 cm³/mol. The number of benzene rings is 3. The Hall–Kier alpha value is -3.56. The molecule has 2 N–H and O–H groups in total. The summed E-state index contributed by atoms with van der Waals surface area (Å²) in [5, 5.41) is 5.49. The zero-order chi connectivity index (χ0) is 26.9. The lowest BCUT2D eigenvalue weighted by Crippen LogP contribution is -2.32. The molecule has 37 heavy (non-hydrogen) atoms. The van der Waals surface area contributed by atoms with Gasteiger partial charge in [0.2, 0.25) is 0 Å². The highest BCUT2D eigenvalue weighted by molar-refractivity contribution is 6.54. The molecule has 0 saturated heterocycles. The van der Waals surface area contributed by atoms with Crippen LogP contribution in [0.25, 0.3) is 0 Å². The Balaban J connectivity index is 1.47. The van der Waals surface area contributed by atoms with E-state index >= 15 is 0 Å². The van der Waals surface area contributed by atoms with Gasteiger partial charge in [0.15, 0.2) is 0 Å². The van der Waals surface area contributed by atoms with Gasteiger partial charge in [0.1, 0.15) is 10.7 Å². The van der Waals surface area contributed by atoms with E-state index in [1.165, 1.54) is 43.5 Å². The van der Waals surface area contributed by atoms with Gasteiger partial charge in [0, 0.05) is 16.9 Å². The van der Waals surface area contributed by atoms with Crippen LogP contribution in [0.5, 0.6) is 0 Å². The number of ether oxygens (including phenoxy) is 1. The molecule has 3 aromatic rings. The second kappa shape index (κ2) is 10.8. The smallest absolute Gasteiger partial charge is 0.337 e. The van der Waals surface area contributed by atoms with Gasteiger partial charge in [-0.1, -0.05) is 46.4 Å². The van der Waals surface area contributed by atoms with Crippen molar-refractivity contribution in [3.63, 3.8) is 0 Å². The summed E-state index contributed by atoms with van der Waals surface area (Å²) in [5.41, 5.74) is 1.41. The molecule has 12 heteroatoms. The van der Waals surface area contributed by atoms with Crippen molar-refractivity contribution in [2.75, 3.05) is 22.6 Å². The molecular weight excluding hydrogens is 564 g/mol. The summed E-state index contributed by atoms with van der Waals surface area (Å²) in [7, 11) is 1.28. The largest absolute Gasteiger partial charge is 0.465 e. The van der Waals surface area contributed by atoms with Crippen molar-refractivity contribution in [2.24, 2.45) is 0 Å². The van der Waals surface area contributed by atoms with Crippen LogP contribution in [0.4, 0.5) is 17.1 Å². The number of amides is 3. The summed E-state index contributed by atoms with van der Waals surface area (Å²) in [6.07, 6.45) is 0. The summed E-state index contributed by atoms with van der Waals surface area (Å²) in [4.78, 5) is 50.6. The molecule has 0 aliphatic carbocycles. The van der Waals surface area contributed by atoms with E-state index < -0.39 is 23.7 Å². The van der Waals surface area contributed by atoms with Crippen LogP contribution < -0.4 is 15.5 Å². The van der Waals surface area contributed by atoms with Gasteiger partial charge in [-0.2, -0.15) is 0 Å². The highest BCUT2D eigenvalue weighted by atomic mass is 35.5. The van der Waals surface area contributed by atoms with Crippen molar-refractivity contribution in [3.05, 3.63) is 97.6 Å². The van der Waals surface area contributed by atoms with E-state index in [2.05, 4.69) is 15.4 Å². The number of hydrogen-bond acceptors (Lipinski definition) is 6. The molecule has 3 aromatic carbocycles. The molecule has 3 amide bonds. The van der Waals surface area contributed by atoms with Gasteiger partial charge in [0.05, 0.1) is 33.4 Å². The Morgan fingerprint density at radius 3 is 1.95 bits per heavy atom. The van der Waals surface area contributed by atoms with Crippen molar-refractivity contribution in [1.82, 2.24) is 0 Å². The lowest BCUT2D eigenvalue weighted by atomic mass is 10.1. The van der Waals surface area contributed by atoms with E-state index in [9.17, 15) is 19.2 Å². The molecule has 1 aliphatic heterocycles. The maximum atomic E-state index is 13.0. The quantitative estimate of drug-likeness (QED) is 0.207. The fourth-order valence-corrected chi connectivity index (χ4v) is 4.21. The molecule has 0 saturated carbocycles. The Bertz CT molecular complexity index is 1470. The van der Waals surface area contributed by atoms with Crippen LogP contribution in [0.1, 0.15) is 20.7 Å². The third-order valence-corrected chi connectivity index (χ3v) is 6.61. The first-order chi connectivity index (χ1) is 17.6. The first-order valence-electron chi connectivity index (χ1n) is 10.4. The summed E-state index contributed by atoms with van der Waals surface area (Å²) in [6, 6.07) is 14.9. The van der Waals surface area contributed by atoms with Gasteiger partial charge >= 0.3 is 5.97 Å². The first kappa shape index (κ1) is 26.5. The lowest BCUT2D eigenvalue weighted by molar-refractivity contribution is -0.120. The van der Waals surface area contributed by atoms with Gasteiger partial charge in [-0.05, 0) is 60.7 Å². The monoisotopic (exact) mass is 577 g/mol. The summed E-state index contributed by atoms with van der Waals surface area (Å²) in [5.74, 6) is -2.42. The average molecular weight is 579 g/mol. The van der Waals surface area contributed by atoms with Crippen LogP contribution in [-0.2, 0) is 14.3 Å². The molecular formula is C25H15Cl4N3O5. The molecule has 0 bridgehead atoms. The maximum Gasteiger partial charge on any atom is 0.337 e. The Morgan fingerprint density at radius 2 is 1.32 bits per heavy atom. The fraction of sp³-hybridized carbons (Fsp3) is 0.0400. The zero-order valence-electron chi connectivity index (χ0n) is 18.8. The van der Waals surface area contributed by atoms with Crippen LogP contribution >= 0.6 is 46.4 Å². The molecule has 0 atom stereocenters. The second-order valence-corrected chi connectivity index (χ2v) is 9.18. The van der Waals surface area contributed by atoms with Gasteiger partial charge in [0.25, 0.3) is 17.7 Å². The number of esters is 1. The minimum Gasteiger partial charge on any atom is -0.465 e. The van der Waals surface area contributed by atoms with Gasteiger partial charge < -0.3 is 15.4 Å². The Morgan fingerprint density at radius 1 is 0.757 bits per heavy atom. The number of nitrogens with one attached hydrogen (secondary N) is 2. The van der Waals surface area contributed by atoms with E-state index in [1.807, 2.05) is 0 Å². The number of anilines is 3. The third-order valence-electron chi connectivity index (χ3n) is 5.24. The molecule has 0 spiro atoms. The molecule has 0 radical (unpaired) electrons. The minimum atomic E-state index is -0.788. The number of carbonyl (C=O) groups excluding carboxylic acids is 4. The average Bonchev–Trinajstić information content (AvgIpc) is 3.09. The number of halogens is 4. The summed E-state index contributed by atoms with van der Waals surface area (Å²) < 4.78 is 4.64. The van der Waals surface area contributed by atoms with Crippen molar-refractivity contribution in [3.8, 4) is 0 Å². The number of nitrogens with zero attached hydrogens (tertiary/aromatic N) is 1. The predicted octanol–water partition coefficient (Wildman–Crippen LogP) is 6.12. The standard InChI is InChI=1S/C25H15Cl4N3O5/c1-37-25(36)13-4-8-15(9-5-13)31-22(33)12-2-6-14(7-3-12)30-21-20(29)23(34)32(24(21)35)19-11-17(27)16(26)10-18(19)28/h2-11,30H,1H3,(H,31,33). The van der Waals surface area contributed by atoms with Crippen molar-refractivity contribution in [1.29, 1.82) is 0 Å². The number of imide groups is 1. The molecule has 1 aliphatic rings. The van der Waals surface area contributed by atoms with E-state index in [0.29, 0.717) is 22.5 Å². The van der Waals surface area contributed by atoms with Crippen molar-refractivity contribution >= 4 is 87.2 Å². The normalized spacial score (nSPS) is 13.2. The lowest BCUT2D eigenvalue weighted by Gasteiger charge is -2.17. The molecule has 0 aromatic heterocycles. The number of carbonyl (C=O) groups is 4. The Kier molecular flexibility index (Phi) is 7.75. The van der Waals surface area contributed by atoms with Crippen LogP contribution in [0.3, 0.4) is 0 Å². The van der Waals surface area contributed by atoms with Crippen LogP contribution in [0, 0.1) is 0 Å².